The molecule has 0 bridgehead atoms. The van der Waals surface area contributed by atoms with Gasteiger partial charge in [-0.3, -0.25) is 9.59 Å². The highest BCUT2D eigenvalue weighted by atomic mass is 16.1. The summed E-state index contributed by atoms with van der Waals surface area (Å²) in [4.78, 5) is 30.3. The minimum Gasteiger partial charge on any atom is -0.361 e. The van der Waals surface area contributed by atoms with E-state index in [-0.39, 0.29) is 18.0 Å². The monoisotopic (exact) mass is 354 g/mol. The maximum atomic E-state index is 12.0. The standard InChI is InChI=1S/C23H18N2O2/c26-20(7-3-16-1-5-18-9-11-24-22(18)13-16)15-21(27)8-4-17-2-6-19-10-12-25-23(19)14-17/h1-14,24-25H,15H2. The summed E-state index contributed by atoms with van der Waals surface area (Å²) in [6, 6.07) is 15.8. The third kappa shape index (κ3) is 3.96. The summed E-state index contributed by atoms with van der Waals surface area (Å²) in [6.07, 6.45) is 10.0. The first-order valence-corrected chi connectivity index (χ1v) is 8.73. The number of carbonyl (C=O) groups excluding carboxylic acids is 2. The fraction of sp³-hybridized carbons (Fsp3) is 0.0435. The van der Waals surface area contributed by atoms with Crippen LogP contribution < -0.4 is 0 Å². The van der Waals surface area contributed by atoms with Gasteiger partial charge in [0.15, 0.2) is 11.6 Å². The minimum absolute atomic E-state index is 0.136. The summed E-state index contributed by atoms with van der Waals surface area (Å²) in [5, 5.41) is 2.24. The van der Waals surface area contributed by atoms with Gasteiger partial charge in [-0.25, -0.2) is 0 Å². The van der Waals surface area contributed by atoms with Crippen molar-refractivity contribution >= 4 is 45.5 Å². The normalized spacial score (nSPS) is 11.9. The largest absolute Gasteiger partial charge is 0.361 e. The molecule has 4 aromatic rings. The Labute approximate surface area is 156 Å². The quantitative estimate of drug-likeness (QED) is 0.382. The van der Waals surface area contributed by atoms with Gasteiger partial charge < -0.3 is 9.97 Å². The summed E-state index contributed by atoms with van der Waals surface area (Å²) < 4.78 is 0. The van der Waals surface area contributed by atoms with E-state index in [1.54, 1.807) is 12.2 Å². The van der Waals surface area contributed by atoms with Crippen LogP contribution in [0.3, 0.4) is 0 Å². The van der Waals surface area contributed by atoms with Gasteiger partial charge in [-0.1, -0.05) is 36.4 Å². The molecule has 4 rings (SSSR count). The lowest BCUT2D eigenvalue weighted by atomic mass is 10.1. The van der Waals surface area contributed by atoms with Crippen molar-refractivity contribution in [1.29, 1.82) is 0 Å². The highest BCUT2D eigenvalue weighted by Crippen LogP contribution is 2.16. The van der Waals surface area contributed by atoms with E-state index in [0.717, 1.165) is 32.9 Å². The highest BCUT2D eigenvalue weighted by Gasteiger charge is 2.04. The van der Waals surface area contributed by atoms with Crippen LogP contribution in [0.15, 0.2) is 73.1 Å². The summed E-state index contributed by atoms with van der Waals surface area (Å²) in [5.41, 5.74) is 3.87. The van der Waals surface area contributed by atoms with Crippen molar-refractivity contribution in [3.05, 3.63) is 84.2 Å². The summed E-state index contributed by atoms with van der Waals surface area (Å²) in [6.45, 7) is 0. The molecule has 27 heavy (non-hydrogen) atoms. The molecule has 132 valence electrons. The van der Waals surface area contributed by atoms with Crippen LogP contribution in [0.4, 0.5) is 0 Å². The van der Waals surface area contributed by atoms with E-state index in [2.05, 4.69) is 9.97 Å². The molecular formula is C23H18N2O2. The number of benzene rings is 2. The molecule has 0 atom stereocenters. The Hall–Kier alpha value is -3.66. The molecule has 0 aliphatic carbocycles. The van der Waals surface area contributed by atoms with E-state index in [1.165, 1.54) is 12.2 Å². The lowest BCUT2D eigenvalue weighted by Crippen LogP contribution is -2.01. The Morgan fingerprint density at radius 3 is 1.67 bits per heavy atom. The van der Waals surface area contributed by atoms with Crippen LogP contribution in [0, 0.1) is 0 Å². The Morgan fingerprint density at radius 1 is 0.704 bits per heavy atom. The molecule has 0 fully saturated rings. The molecule has 2 aromatic heterocycles. The van der Waals surface area contributed by atoms with E-state index in [1.807, 2.05) is 60.9 Å². The second-order valence-corrected chi connectivity index (χ2v) is 6.42. The Bertz CT molecular complexity index is 1100. The molecule has 0 saturated carbocycles. The zero-order valence-corrected chi connectivity index (χ0v) is 14.6. The predicted octanol–water partition coefficient (Wildman–Crippen LogP) is 4.90. The Kier molecular flexibility index (Phi) is 4.54. The van der Waals surface area contributed by atoms with Gasteiger partial charge in [0.25, 0.3) is 0 Å². The maximum absolute atomic E-state index is 12.0. The molecule has 0 radical (unpaired) electrons. The second-order valence-electron chi connectivity index (χ2n) is 6.42. The van der Waals surface area contributed by atoms with Crippen LogP contribution >= 0.6 is 0 Å². The van der Waals surface area contributed by atoms with Crippen molar-refractivity contribution in [3.63, 3.8) is 0 Å². The summed E-state index contributed by atoms with van der Waals surface area (Å²) in [5.74, 6) is -0.424. The molecular weight excluding hydrogens is 336 g/mol. The third-order valence-electron chi connectivity index (χ3n) is 4.43. The maximum Gasteiger partial charge on any atom is 0.163 e. The fourth-order valence-corrected chi connectivity index (χ4v) is 3.01. The number of hydrogen-bond donors (Lipinski definition) is 2. The molecule has 2 heterocycles. The molecule has 4 nitrogen and oxygen atoms in total. The van der Waals surface area contributed by atoms with Crippen LogP contribution in [0.25, 0.3) is 34.0 Å². The molecule has 0 amide bonds. The van der Waals surface area contributed by atoms with Crippen LogP contribution in [0.2, 0.25) is 0 Å². The van der Waals surface area contributed by atoms with Crippen LogP contribution in [-0.2, 0) is 9.59 Å². The van der Waals surface area contributed by atoms with Gasteiger partial charge in [-0.15, -0.1) is 0 Å². The average molecular weight is 354 g/mol. The number of carbonyl (C=O) groups is 2. The van der Waals surface area contributed by atoms with Gasteiger partial charge >= 0.3 is 0 Å². The molecule has 0 aliphatic rings. The number of fused-ring (bicyclic) bond motifs is 2. The van der Waals surface area contributed by atoms with Crippen molar-refractivity contribution in [2.24, 2.45) is 0 Å². The Morgan fingerprint density at radius 2 is 1.19 bits per heavy atom. The Balaban J connectivity index is 1.37. The van der Waals surface area contributed by atoms with Gasteiger partial charge in [0.05, 0.1) is 6.42 Å². The number of aromatic amines is 2. The number of hydrogen-bond acceptors (Lipinski definition) is 2. The van der Waals surface area contributed by atoms with Crippen molar-refractivity contribution in [2.45, 2.75) is 6.42 Å². The van der Waals surface area contributed by atoms with Gasteiger partial charge in [0.1, 0.15) is 0 Å². The fourth-order valence-electron chi connectivity index (χ4n) is 3.01. The van der Waals surface area contributed by atoms with Gasteiger partial charge in [0, 0.05) is 23.4 Å². The SMILES string of the molecule is O=C(C=Cc1ccc2cc[nH]c2c1)CC(=O)C=Cc1ccc2cc[nH]c2c1. The molecule has 4 heteroatoms. The molecule has 2 aromatic carbocycles. The van der Waals surface area contributed by atoms with Crippen molar-refractivity contribution in [2.75, 3.05) is 0 Å². The number of allylic oxidation sites excluding steroid dienone is 2. The molecule has 2 N–H and O–H groups in total. The van der Waals surface area contributed by atoms with Crippen LogP contribution in [-0.4, -0.2) is 21.5 Å². The first kappa shape index (κ1) is 16.8. The van der Waals surface area contributed by atoms with Crippen molar-refractivity contribution < 1.29 is 9.59 Å². The number of H-pyrrole nitrogens is 2. The molecule has 0 spiro atoms. The van der Waals surface area contributed by atoms with Crippen LogP contribution in [0.1, 0.15) is 17.5 Å². The van der Waals surface area contributed by atoms with E-state index in [9.17, 15) is 9.59 Å². The number of nitrogens with one attached hydrogen (secondary N) is 2. The van der Waals surface area contributed by atoms with E-state index in [4.69, 9.17) is 0 Å². The summed E-state index contributed by atoms with van der Waals surface area (Å²) >= 11 is 0. The van der Waals surface area contributed by atoms with E-state index < -0.39 is 0 Å². The van der Waals surface area contributed by atoms with Crippen LogP contribution in [0.5, 0.6) is 0 Å². The first-order chi connectivity index (χ1) is 13.2. The zero-order chi connectivity index (χ0) is 18.6. The van der Waals surface area contributed by atoms with Gasteiger partial charge in [0.2, 0.25) is 0 Å². The lowest BCUT2D eigenvalue weighted by molar-refractivity contribution is -0.121. The van der Waals surface area contributed by atoms with Crippen molar-refractivity contribution in [1.82, 2.24) is 9.97 Å². The van der Waals surface area contributed by atoms with Gasteiger partial charge in [-0.05, 0) is 58.3 Å². The first-order valence-electron chi connectivity index (χ1n) is 8.73. The van der Waals surface area contributed by atoms with E-state index in [0.29, 0.717) is 0 Å². The number of aromatic nitrogens is 2. The van der Waals surface area contributed by atoms with E-state index >= 15 is 0 Å². The third-order valence-corrected chi connectivity index (χ3v) is 4.43. The molecule has 0 aliphatic heterocycles. The average Bonchev–Trinajstić information content (AvgIpc) is 3.32. The summed E-state index contributed by atoms with van der Waals surface area (Å²) in [7, 11) is 0. The zero-order valence-electron chi connectivity index (χ0n) is 14.6. The minimum atomic E-state index is -0.212. The number of ketones is 2. The highest BCUT2D eigenvalue weighted by molar-refractivity contribution is 6.11. The molecule has 0 unspecified atom stereocenters. The van der Waals surface area contributed by atoms with Gasteiger partial charge in [-0.2, -0.15) is 0 Å². The molecule has 0 saturated heterocycles. The van der Waals surface area contributed by atoms with Crippen molar-refractivity contribution in [3.8, 4) is 0 Å². The lowest BCUT2D eigenvalue weighted by Gasteiger charge is -1.96. The predicted molar refractivity (Wildman–Crippen MR) is 109 cm³/mol. The number of rotatable bonds is 6. The smallest absolute Gasteiger partial charge is 0.163 e. The topological polar surface area (TPSA) is 65.7 Å². The second kappa shape index (κ2) is 7.30.